The van der Waals surface area contributed by atoms with Gasteiger partial charge in [0.05, 0.1) is 5.01 Å². The number of hydrogen-bond acceptors (Lipinski definition) is 4. The molecule has 4 heteroatoms. The van der Waals surface area contributed by atoms with Gasteiger partial charge in [-0.15, -0.1) is 11.3 Å². The summed E-state index contributed by atoms with van der Waals surface area (Å²) in [4.78, 5) is 18.5. The molecule has 0 aliphatic carbocycles. The van der Waals surface area contributed by atoms with Gasteiger partial charge in [0, 0.05) is 30.5 Å². The van der Waals surface area contributed by atoms with E-state index >= 15 is 0 Å². The van der Waals surface area contributed by atoms with Crippen LogP contribution >= 0.6 is 11.3 Å². The number of likely N-dealkylation sites (tertiary alicyclic amines) is 1. The SMILES string of the molecule is CCN1CCCC(Cc2ncc(CC=O)s2)C1. The number of hydrogen-bond donors (Lipinski definition) is 0. The maximum atomic E-state index is 10.4. The smallest absolute Gasteiger partial charge is 0.125 e. The second kappa shape index (κ2) is 6.26. The Labute approximate surface area is 107 Å². The number of rotatable bonds is 5. The Hall–Kier alpha value is -0.740. The average molecular weight is 252 g/mol. The molecule has 0 N–H and O–H groups in total. The maximum Gasteiger partial charge on any atom is 0.125 e. The number of aldehydes is 1. The fourth-order valence-corrected chi connectivity index (χ4v) is 3.45. The van der Waals surface area contributed by atoms with E-state index in [0.29, 0.717) is 6.42 Å². The van der Waals surface area contributed by atoms with Gasteiger partial charge >= 0.3 is 0 Å². The van der Waals surface area contributed by atoms with Gasteiger partial charge in [-0.25, -0.2) is 4.98 Å². The van der Waals surface area contributed by atoms with Crippen molar-refractivity contribution in [2.45, 2.75) is 32.6 Å². The van der Waals surface area contributed by atoms with Gasteiger partial charge in [0.25, 0.3) is 0 Å². The summed E-state index contributed by atoms with van der Waals surface area (Å²) >= 11 is 1.70. The number of nitrogens with zero attached hydrogens (tertiary/aromatic N) is 2. The van der Waals surface area contributed by atoms with Gasteiger partial charge in [0.2, 0.25) is 0 Å². The van der Waals surface area contributed by atoms with Crippen LogP contribution in [-0.4, -0.2) is 35.8 Å². The Morgan fingerprint density at radius 2 is 2.53 bits per heavy atom. The molecule has 0 spiro atoms. The topological polar surface area (TPSA) is 33.2 Å². The van der Waals surface area contributed by atoms with Gasteiger partial charge in [-0.1, -0.05) is 6.92 Å². The highest BCUT2D eigenvalue weighted by atomic mass is 32.1. The third kappa shape index (κ3) is 3.61. The van der Waals surface area contributed by atoms with E-state index < -0.39 is 0 Å². The molecular weight excluding hydrogens is 232 g/mol. The molecule has 0 saturated carbocycles. The van der Waals surface area contributed by atoms with Crippen LogP contribution in [0.2, 0.25) is 0 Å². The van der Waals surface area contributed by atoms with Crippen LogP contribution in [0.15, 0.2) is 6.20 Å². The van der Waals surface area contributed by atoms with E-state index in [4.69, 9.17) is 0 Å². The molecule has 17 heavy (non-hydrogen) atoms. The van der Waals surface area contributed by atoms with Crippen molar-refractivity contribution in [3.05, 3.63) is 16.1 Å². The lowest BCUT2D eigenvalue weighted by Crippen LogP contribution is -2.35. The number of thiazole rings is 1. The first kappa shape index (κ1) is 12.7. The molecule has 94 valence electrons. The Kier molecular flexibility index (Phi) is 4.68. The first-order valence-corrected chi connectivity index (χ1v) is 7.23. The molecule has 0 bridgehead atoms. The van der Waals surface area contributed by atoms with Crippen molar-refractivity contribution in [1.29, 1.82) is 0 Å². The van der Waals surface area contributed by atoms with Crippen LogP contribution in [0.25, 0.3) is 0 Å². The summed E-state index contributed by atoms with van der Waals surface area (Å²) in [7, 11) is 0. The molecule has 3 nitrogen and oxygen atoms in total. The Bertz CT molecular complexity index is 364. The fourth-order valence-electron chi connectivity index (χ4n) is 2.47. The number of piperidine rings is 1. The van der Waals surface area contributed by atoms with Crippen LogP contribution in [0.3, 0.4) is 0 Å². The second-order valence-electron chi connectivity index (χ2n) is 4.70. The highest BCUT2D eigenvalue weighted by Gasteiger charge is 2.20. The normalized spacial score (nSPS) is 21.6. The zero-order valence-corrected chi connectivity index (χ0v) is 11.2. The zero-order chi connectivity index (χ0) is 12.1. The molecule has 0 radical (unpaired) electrons. The van der Waals surface area contributed by atoms with Crippen molar-refractivity contribution < 1.29 is 4.79 Å². The van der Waals surface area contributed by atoms with Crippen LogP contribution in [0.5, 0.6) is 0 Å². The van der Waals surface area contributed by atoms with Crippen LogP contribution in [-0.2, 0) is 17.6 Å². The van der Waals surface area contributed by atoms with E-state index in [2.05, 4.69) is 16.8 Å². The number of aromatic nitrogens is 1. The minimum Gasteiger partial charge on any atom is -0.303 e. The summed E-state index contributed by atoms with van der Waals surface area (Å²) in [5, 5.41) is 1.20. The van der Waals surface area contributed by atoms with Crippen molar-refractivity contribution in [1.82, 2.24) is 9.88 Å². The first-order chi connectivity index (χ1) is 8.31. The number of carbonyl (C=O) groups is 1. The largest absolute Gasteiger partial charge is 0.303 e. The lowest BCUT2D eigenvalue weighted by Gasteiger charge is -2.31. The van der Waals surface area contributed by atoms with E-state index in [9.17, 15) is 4.79 Å². The first-order valence-electron chi connectivity index (χ1n) is 6.41. The molecule has 1 unspecified atom stereocenters. The van der Waals surface area contributed by atoms with Crippen molar-refractivity contribution >= 4 is 17.6 Å². The van der Waals surface area contributed by atoms with Gasteiger partial charge in [0.1, 0.15) is 6.29 Å². The predicted octanol–water partition coefficient (Wildman–Crippen LogP) is 2.16. The van der Waals surface area contributed by atoms with Gasteiger partial charge in [-0.05, 0) is 31.8 Å². The van der Waals surface area contributed by atoms with Crippen LogP contribution < -0.4 is 0 Å². The average Bonchev–Trinajstić information content (AvgIpc) is 2.77. The molecule has 1 aliphatic rings. The van der Waals surface area contributed by atoms with Crippen LogP contribution in [0, 0.1) is 5.92 Å². The van der Waals surface area contributed by atoms with E-state index in [-0.39, 0.29) is 0 Å². The molecule has 2 heterocycles. The predicted molar refractivity (Wildman–Crippen MR) is 70.4 cm³/mol. The summed E-state index contributed by atoms with van der Waals surface area (Å²) in [5.41, 5.74) is 0. The Balaban J connectivity index is 1.88. The summed E-state index contributed by atoms with van der Waals surface area (Å²) in [5.74, 6) is 0.749. The minimum absolute atomic E-state index is 0.517. The molecule has 2 rings (SSSR count). The summed E-state index contributed by atoms with van der Waals surface area (Å²) < 4.78 is 0. The van der Waals surface area contributed by atoms with Crippen LogP contribution in [0.1, 0.15) is 29.7 Å². The van der Waals surface area contributed by atoms with Crippen molar-refractivity contribution in [3.63, 3.8) is 0 Å². The molecule has 1 atom stereocenters. The maximum absolute atomic E-state index is 10.4. The van der Waals surface area contributed by atoms with Gasteiger partial charge < -0.3 is 9.69 Å². The van der Waals surface area contributed by atoms with Gasteiger partial charge in [-0.3, -0.25) is 0 Å². The molecule has 0 aromatic carbocycles. The fraction of sp³-hybridized carbons (Fsp3) is 0.692. The van der Waals surface area contributed by atoms with E-state index in [0.717, 1.165) is 30.0 Å². The molecule has 1 fully saturated rings. The molecular formula is C13H20N2OS. The summed E-state index contributed by atoms with van der Waals surface area (Å²) in [6, 6.07) is 0. The van der Waals surface area contributed by atoms with E-state index in [1.807, 2.05) is 6.20 Å². The van der Waals surface area contributed by atoms with Crippen molar-refractivity contribution in [2.24, 2.45) is 5.92 Å². The monoisotopic (exact) mass is 252 g/mol. The zero-order valence-electron chi connectivity index (χ0n) is 10.4. The molecule has 1 aromatic heterocycles. The molecule has 1 saturated heterocycles. The Morgan fingerprint density at radius 3 is 3.29 bits per heavy atom. The second-order valence-corrected chi connectivity index (χ2v) is 5.90. The lowest BCUT2D eigenvalue weighted by molar-refractivity contribution is -0.107. The Morgan fingerprint density at radius 1 is 1.65 bits per heavy atom. The minimum atomic E-state index is 0.517. The summed E-state index contributed by atoms with van der Waals surface area (Å²) in [6.07, 6.45) is 7.04. The standard InChI is InChI=1S/C13H20N2OS/c1-2-15-6-3-4-11(10-15)8-13-14-9-12(17-13)5-7-16/h7,9,11H,2-6,8,10H2,1H3. The molecule has 0 amide bonds. The van der Waals surface area contributed by atoms with Crippen LogP contribution in [0.4, 0.5) is 0 Å². The van der Waals surface area contributed by atoms with Crippen molar-refractivity contribution in [2.75, 3.05) is 19.6 Å². The van der Waals surface area contributed by atoms with Gasteiger partial charge in [-0.2, -0.15) is 0 Å². The highest BCUT2D eigenvalue weighted by molar-refractivity contribution is 7.11. The lowest BCUT2D eigenvalue weighted by atomic mass is 9.95. The van der Waals surface area contributed by atoms with Crippen molar-refractivity contribution in [3.8, 4) is 0 Å². The molecule has 1 aromatic rings. The third-order valence-corrected chi connectivity index (χ3v) is 4.44. The quantitative estimate of drug-likeness (QED) is 0.753. The third-order valence-electron chi connectivity index (χ3n) is 3.40. The summed E-state index contributed by atoms with van der Waals surface area (Å²) in [6.45, 7) is 5.85. The molecule has 1 aliphatic heterocycles. The number of carbonyl (C=O) groups excluding carboxylic acids is 1. The highest BCUT2D eigenvalue weighted by Crippen LogP contribution is 2.23. The van der Waals surface area contributed by atoms with E-state index in [1.165, 1.54) is 30.9 Å². The van der Waals surface area contributed by atoms with Gasteiger partial charge in [0.15, 0.2) is 0 Å². The van der Waals surface area contributed by atoms with E-state index in [1.54, 1.807) is 11.3 Å².